The Labute approximate surface area is 122 Å². The van der Waals surface area contributed by atoms with Crippen molar-refractivity contribution in [3.63, 3.8) is 0 Å². The van der Waals surface area contributed by atoms with Gasteiger partial charge in [-0.2, -0.15) is 0 Å². The van der Waals surface area contributed by atoms with E-state index < -0.39 is 9.84 Å². The van der Waals surface area contributed by atoms with E-state index in [1.165, 1.54) is 44.8 Å². The Morgan fingerprint density at radius 2 is 1.55 bits per heavy atom. The number of rotatable bonds is 6. The van der Waals surface area contributed by atoms with Crippen LogP contribution in [0.2, 0.25) is 0 Å². The summed E-state index contributed by atoms with van der Waals surface area (Å²) in [6, 6.07) is 0. The third kappa shape index (κ3) is 3.26. The Hall–Kier alpha value is -0.380. The molecule has 0 amide bonds. The maximum Gasteiger partial charge on any atom is 0.147 e. The zero-order valence-corrected chi connectivity index (χ0v) is 13.3. The first-order chi connectivity index (χ1) is 9.34. The topological polar surface area (TPSA) is 51.2 Å². The number of Topliss-reactive ketones (excluding diaryl/α,β-unsaturated/α-hetero) is 1. The Bertz CT molecular complexity index is 457. The summed E-state index contributed by atoms with van der Waals surface area (Å²) in [4.78, 5) is 12.2. The molecule has 3 nitrogen and oxygen atoms in total. The Balaban J connectivity index is 1.54. The van der Waals surface area contributed by atoms with Crippen LogP contribution in [-0.4, -0.2) is 26.2 Å². The van der Waals surface area contributed by atoms with E-state index in [1.54, 1.807) is 0 Å². The van der Waals surface area contributed by atoms with Crippen molar-refractivity contribution in [3.05, 3.63) is 0 Å². The highest BCUT2D eigenvalue weighted by Gasteiger charge is 2.51. The molecule has 4 aliphatic rings. The van der Waals surface area contributed by atoms with E-state index in [4.69, 9.17) is 0 Å². The van der Waals surface area contributed by atoms with Crippen molar-refractivity contribution >= 4 is 15.6 Å². The first-order valence-corrected chi connectivity index (χ1v) is 10.1. The molecule has 0 aromatic rings. The second-order valence-electron chi connectivity index (χ2n) is 7.87. The number of hydrogen-bond donors (Lipinski definition) is 0. The van der Waals surface area contributed by atoms with Gasteiger partial charge in [0.05, 0.1) is 5.75 Å². The molecular formula is C16H26O3S. The number of hydrogen-bond acceptors (Lipinski definition) is 3. The smallest absolute Gasteiger partial charge is 0.147 e. The van der Waals surface area contributed by atoms with Gasteiger partial charge in [0.25, 0.3) is 0 Å². The monoisotopic (exact) mass is 298 g/mol. The van der Waals surface area contributed by atoms with E-state index >= 15 is 0 Å². The fraction of sp³-hybridized carbons (Fsp3) is 0.938. The Kier molecular flexibility index (Phi) is 3.72. The van der Waals surface area contributed by atoms with Crippen LogP contribution in [-0.2, 0) is 14.6 Å². The zero-order chi connectivity index (χ0) is 14.4. The molecular weight excluding hydrogens is 272 g/mol. The number of carbonyl (C=O) groups excluding carboxylic acids is 1. The third-order valence-electron chi connectivity index (χ3n) is 5.71. The quantitative estimate of drug-likeness (QED) is 0.757. The van der Waals surface area contributed by atoms with Crippen LogP contribution in [0.4, 0.5) is 0 Å². The van der Waals surface area contributed by atoms with Crippen molar-refractivity contribution in [2.45, 2.75) is 57.8 Å². The van der Waals surface area contributed by atoms with Gasteiger partial charge in [0, 0.05) is 19.1 Å². The molecule has 0 aliphatic heterocycles. The van der Waals surface area contributed by atoms with E-state index in [0.717, 1.165) is 24.2 Å². The van der Waals surface area contributed by atoms with E-state index in [9.17, 15) is 13.2 Å². The fourth-order valence-electron chi connectivity index (χ4n) is 5.54. The lowest BCUT2D eigenvalue weighted by atomic mass is 9.48. The highest BCUT2D eigenvalue weighted by atomic mass is 32.2. The molecule has 0 spiro atoms. The maximum atomic E-state index is 12.2. The molecule has 4 fully saturated rings. The molecule has 0 heterocycles. The summed E-state index contributed by atoms with van der Waals surface area (Å²) in [5.74, 6) is 3.09. The Morgan fingerprint density at radius 1 is 1.05 bits per heavy atom. The van der Waals surface area contributed by atoms with Gasteiger partial charge in [-0.25, -0.2) is 8.42 Å². The van der Waals surface area contributed by atoms with Gasteiger partial charge in [-0.05, 0) is 68.1 Å². The summed E-state index contributed by atoms with van der Waals surface area (Å²) in [5.41, 5.74) is 0.303. The largest absolute Gasteiger partial charge is 0.300 e. The van der Waals surface area contributed by atoms with Crippen LogP contribution in [0.15, 0.2) is 0 Å². The summed E-state index contributed by atoms with van der Waals surface area (Å²) in [6.45, 7) is 0. The molecule has 4 heteroatoms. The molecule has 4 rings (SSSR count). The minimum Gasteiger partial charge on any atom is -0.300 e. The molecule has 0 atom stereocenters. The molecule has 0 aromatic heterocycles. The normalized spacial score (nSPS) is 39.1. The molecule has 0 saturated heterocycles. The predicted molar refractivity (Wildman–Crippen MR) is 79.2 cm³/mol. The van der Waals surface area contributed by atoms with Crippen LogP contribution < -0.4 is 0 Å². The van der Waals surface area contributed by atoms with E-state index in [2.05, 4.69) is 0 Å². The summed E-state index contributed by atoms with van der Waals surface area (Å²) < 4.78 is 22.2. The molecule has 0 unspecified atom stereocenters. The second kappa shape index (κ2) is 5.11. The van der Waals surface area contributed by atoms with Crippen molar-refractivity contribution in [2.24, 2.45) is 23.2 Å². The van der Waals surface area contributed by atoms with Gasteiger partial charge < -0.3 is 0 Å². The Morgan fingerprint density at radius 3 is 2.00 bits per heavy atom. The molecule has 0 aromatic carbocycles. The number of ketones is 1. The van der Waals surface area contributed by atoms with Gasteiger partial charge in [-0.15, -0.1) is 0 Å². The minimum atomic E-state index is -2.93. The molecule has 0 N–H and O–H groups in total. The average Bonchev–Trinajstić information content (AvgIpc) is 2.23. The molecule has 0 radical (unpaired) electrons. The van der Waals surface area contributed by atoms with Crippen LogP contribution in [0, 0.1) is 23.2 Å². The van der Waals surface area contributed by atoms with E-state index in [1.807, 2.05) is 0 Å². The van der Waals surface area contributed by atoms with Gasteiger partial charge >= 0.3 is 0 Å². The average molecular weight is 298 g/mol. The highest BCUT2D eigenvalue weighted by molar-refractivity contribution is 7.90. The van der Waals surface area contributed by atoms with Gasteiger partial charge in [0.2, 0.25) is 0 Å². The second-order valence-corrected chi connectivity index (χ2v) is 10.1. The standard InChI is InChI=1S/C16H26O3S/c1-20(18,19)4-2-3-15(17)11-16-8-12-5-13(9-16)7-14(6-12)10-16/h12-14H,2-11H2,1H3. The molecule has 20 heavy (non-hydrogen) atoms. The van der Waals surface area contributed by atoms with Gasteiger partial charge in [-0.3, -0.25) is 4.79 Å². The summed E-state index contributed by atoms with van der Waals surface area (Å²) >= 11 is 0. The summed E-state index contributed by atoms with van der Waals surface area (Å²) in [5, 5.41) is 0. The number of carbonyl (C=O) groups is 1. The van der Waals surface area contributed by atoms with Gasteiger partial charge in [0.1, 0.15) is 15.6 Å². The molecule has 4 saturated carbocycles. The first-order valence-electron chi connectivity index (χ1n) is 8.03. The lowest BCUT2D eigenvalue weighted by Crippen LogP contribution is -2.46. The van der Waals surface area contributed by atoms with Crippen molar-refractivity contribution < 1.29 is 13.2 Å². The first kappa shape index (κ1) is 14.6. The van der Waals surface area contributed by atoms with Gasteiger partial charge in [0.15, 0.2) is 0 Å². The van der Waals surface area contributed by atoms with Crippen molar-refractivity contribution in [1.82, 2.24) is 0 Å². The molecule has 114 valence electrons. The SMILES string of the molecule is CS(=O)(=O)CCCC(=O)CC12CC3CC(CC(C3)C1)C2. The van der Waals surface area contributed by atoms with Crippen LogP contribution >= 0.6 is 0 Å². The lowest BCUT2D eigenvalue weighted by Gasteiger charge is -2.56. The van der Waals surface area contributed by atoms with Crippen molar-refractivity contribution in [2.75, 3.05) is 12.0 Å². The van der Waals surface area contributed by atoms with Crippen LogP contribution in [0.1, 0.15) is 57.8 Å². The van der Waals surface area contributed by atoms with Crippen LogP contribution in [0.25, 0.3) is 0 Å². The highest BCUT2D eigenvalue weighted by Crippen LogP contribution is 2.61. The van der Waals surface area contributed by atoms with E-state index in [0.29, 0.717) is 24.0 Å². The minimum absolute atomic E-state index is 0.152. The zero-order valence-electron chi connectivity index (χ0n) is 12.4. The van der Waals surface area contributed by atoms with Crippen molar-refractivity contribution in [3.8, 4) is 0 Å². The van der Waals surface area contributed by atoms with E-state index in [-0.39, 0.29) is 5.75 Å². The summed E-state index contributed by atoms with van der Waals surface area (Å²) in [6.07, 6.45) is 10.9. The fourth-order valence-corrected chi connectivity index (χ4v) is 6.21. The van der Waals surface area contributed by atoms with Crippen molar-refractivity contribution in [1.29, 1.82) is 0 Å². The number of sulfone groups is 1. The summed E-state index contributed by atoms with van der Waals surface area (Å²) in [7, 11) is -2.93. The van der Waals surface area contributed by atoms with Crippen LogP contribution in [0.3, 0.4) is 0 Å². The maximum absolute atomic E-state index is 12.2. The molecule has 4 aliphatic carbocycles. The third-order valence-corrected chi connectivity index (χ3v) is 6.74. The van der Waals surface area contributed by atoms with Crippen LogP contribution in [0.5, 0.6) is 0 Å². The molecule has 4 bridgehead atoms. The predicted octanol–water partition coefficient (Wildman–Crippen LogP) is 2.99. The van der Waals surface area contributed by atoms with Gasteiger partial charge in [-0.1, -0.05) is 0 Å². The lowest BCUT2D eigenvalue weighted by molar-refractivity contribution is -0.127.